The summed E-state index contributed by atoms with van der Waals surface area (Å²) in [7, 11) is 1.71. The van der Waals surface area contributed by atoms with Crippen LogP contribution < -0.4 is 4.74 Å². The van der Waals surface area contributed by atoms with Crippen LogP contribution in [0.25, 0.3) is 0 Å². The molecule has 0 atom stereocenters. The zero-order chi connectivity index (χ0) is 14.9. The molecule has 2 rings (SSSR count). The summed E-state index contributed by atoms with van der Waals surface area (Å²) in [6.45, 7) is 3.14. The third kappa shape index (κ3) is 5.08. The summed E-state index contributed by atoms with van der Waals surface area (Å²) in [5.74, 6) is 6.60. The third-order valence-corrected chi connectivity index (χ3v) is 3.93. The van der Waals surface area contributed by atoms with E-state index in [1.807, 2.05) is 12.1 Å². The second kappa shape index (κ2) is 8.71. The lowest BCUT2D eigenvalue weighted by Gasteiger charge is -2.25. The van der Waals surface area contributed by atoms with Gasteiger partial charge in [-0.2, -0.15) is 0 Å². The van der Waals surface area contributed by atoms with Gasteiger partial charge in [0.15, 0.2) is 0 Å². The highest BCUT2D eigenvalue weighted by Crippen LogP contribution is 2.22. The summed E-state index contributed by atoms with van der Waals surface area (Å²) in [5.41, 5.74) is 2.12. The third-order valence-electron chi connectivity index (χ3n) is 3.93. The summed E-state index contributed by atoms with van der Waals surface area (Å²) < 4.78 is 5.48. The number of aliphatic hydroxyl groups is 1. The highest BCUT2D eigenvalue weighted by atomic mass is 16.5. The normalized spacial score (nSPS) is 16.5. The molecule has 0 aliphatic carbocycles. The van der Waals surface area contributed by atoms with Crippen molar-refractivity contribution in [2.24, 2.45) is 0 Å². The summed E-state index contributed by atoms with van der Waals surface area (Å²) in [4.78, 5) is 2.51. The molecule has 3 nitrogen and oxygen atoms in total. The molecular weight excluding hydrogens is 262 g/mol. The Balaban J connectivity index is 2.11. The highest BCUT2D eigenvalue weighted by molar-refractivity contribution is 5.44. The molecule has 0 saturated carbocycles. The molecule has 21 heavy (non-hydrogen) atoms. The van der Waals surface area contributed by atoms with Crippen molar-refractivity contribution < 1.29 is 9.84 Å². The van der Waals surface area contributed by atoms with Crippen molar-refractivity contribution in [3.05, 3.63) is 29.3 Å². The van der Waals surface area contributed by atoms with Crippen LogP contribution in [0.1, 0.15) is 43.2 Å². The Hall–Kier alpha value is -1.50. The van der Waals surface area contributed by atoms with Crippen LogP contribution in [-0.4, -0.2) is 36.8 Å². The van der Waals surface area contributed by atoms with E-state index >= 15 is 0 Å². The lowest BCUT2D eigenvalue weighted by molar-refractivity contribution is 0.236. The number of aliphatic hydroxyl groups excluding tert-OH is 1. The Morgan fingerprint density at radius 3 is 2.52 bits per heavy atom. The van der Waals surface area contributed by atoms with Crippen LogP contribution in [0, 0.1) is 11.8 Å². The first kappa shape index (κ1) is 15.9. The zero-order valence-electron chi connectivity index (χ0n) is 12.9. The standard InChI is InChI=1S/C18H25NO2/c1-21-18-10-9-16(8-7-13-20)14-17(18)15-19-11-5-3-2-4-6-12-19/h9-10,14,20H,2-6,11-13,15H2,1H3. The fraction of sp³-hybridized carbons (Fsp3) is 0.556. The molecule has 1 saturated heterocycles. The van der Waals surface area contributed by atoms with Crippen LogP contribution in [0.5, 0.6) is 5.75 Å². The van der Waals surface area contributed by atoms with Gasteiger partial charge in [-0.3, -0.25) is 4.90 Å². The molecule has 1 aromatic carbocycles. The maximum Gasteiger partial charge on any atom is 0.123 e. The Labute approximate surface area is 127 Å². The molecule has 1 heterocycles. The van der Waals surface area contributed by atoms with Gasteiger partial charge in [0.25, 0.3) is 0 Å². The number of rotatable bonds is 3. The topological polar surface area (TPSA) is 32.7 Å². The molecule has 0 aromatic heterocycles. The number of hydrogen-bond donors (Lipinski definition) is 1. The van der Waals surface area contributed by atoms with Gasteiger partial charge in [-0.1, -0.05) is 31.1 Å². The van der Waals surface area contributed by atoms with Crippen LogP contribution in [0.4, 0.5) is 0 Å². The molecular formula is C18H25NO2. The van der Waals surface area contributed by atoms with E-state index in [2.05, 4.69) is 22.8 Å². The van der Waals surface area contributed by atoms with E-state index in [1.54, 1.807) is 7.11 Å². The monoisotopic (exact) mass is 287 g/mol. The lowest BCUT2D eigenvalue weighted by atomic mass is 10.1. The fourth-order valence-corrected chi connectivity index (χ4v) is 2.83. The second-order valence-electron chi connectivity index (χ2n) is 5.53. The lowest BCUT2D eigenvalue weighted by Crippen LogP contribution is -2.27. The van der Waals surface area contributed by atoms with Crippen molar-refractivity contribution in [3.8, 4) is 17.6 Å². The number of methoxy groups -OCH3 is 1. The first-order valence-electron chi connectivity index (χ1n) is 7.82. The molecule has 0 radical (unpaired) electrons. The first-order valence-corrected chi connectivity index (χ1v) is 7.82. The number of hydrogen-bond acceptors (Lipinski definition) is 3. The minimum atomic E-state index is -0.104. The van der Waals surface area contributed by atoms with Crippen molar-refractivity contribution in [2.45, 2.75) is 38.6 Å². The predicted molar refractivity (Wildman–Crippen MR) is 85.3 cm³/mol. The van der Waals surface area contributed by atoms with Gasteiger partial charge < -0.3 is 9.84 Å². The quantitative estimate of drug-likeness (QED) is 0.868. The van der Waals surface area contributed by atoms with Gasteiger partial charge in [-0.15, -0.1) is 0 Å². The van der Waals surface area contributed by atoms with Crippen LogP contribution in [0.3, 0.4) is 0 Å². The molecule has 0 amide bonds. The highest BCUT2D eigenvalue weighted by Gasteiger charge is 2.12. The number of likely N-dealkylation sites (tertiary alicyclic amines) is 1. The van der Waals surface area contributed by atoms with Crippen molar-refractivity contribution in [1.29, 1.82) is 0 Å². The first-order chi connectivity index (χ1) is 10.3. The van der Waals surface area contributed by atoms with Crippen molar-refractivity contribution in [1.82, 2.24) is 4.90 Å². The molecule has 0 bridgehead atoms. The largest absolute Gasteiger partial charge is 0.496 e. The van der Waals surface area contributed by atoms with Crippen molar-refractivity contribution in [2.75, 3.05) is 26.8 Å². The number of ether oxygens (including phenoxy) is 1. The van der Waals surface area contributed by atoms with Crippen LogP contribution in [0.2, 0.25) is 0 Å². The molecule has 1 aromatic rings. The molecule has 1 aliphatic heterocycles. The smallest absolute Gasteiger partial charge is 0.123 e. The van der Waals surface area contributed by atoms with E-state index in [0.717, 1.165) is 30.9 Å². The average molecular weight is 287 g/mol. The maximum absolute atomic E-state index is 8.81. The van der Waals surface area contributed by atoms with E-state index in [0.29, 0.717) is 0 Å². The number of nitrogens with zero attached hydrogens (tertiary/aromatic N) is 1. The molecule has 114 valence electrons. The summed E-state index contributed by atoms with van der Waals surface area (Å²) in [6, 6.07) is 6.00. The zero-order valence-corrected chi connectivity index (χ0v) is 12.9. The van der Waals surface area contributed by atoms with E-state index in [9.17, 15) is 0 Å². The van der Waals surface area contributed by atoms with E-state index in [1.165, 1.54) is 37.7 Å². The minimum absolute atomic E-state index is 0.104. The Kier molecular flexibility index (Phi) is 6.59. The van der Waals surface area contributed by atoms with Crippen LogP contribution in [-0.2, 0) is 6.54 Å². The van der Waals surface area contributed by atoms with E-state index in [4.69, 9.17) is 9.84 Å². The van der Waals surface area contributed by atoms with E-state index in [-0.39, 0.29) is 6.61 Å². The van der Waals surface area contributed by atoms with Gasteiger partial charge in [-0.25, -0.2) is 0 Å². The number of benzene rings is 1. The minimum Gasteiger partial charge on any atom is -0.496 e. The Morgan fingerprint density at radius 2 is 1.86 bits per heavy atom. The van der Waals surface area contributed by atoms with Crippen molar-refractivity contribution in [3.63, 3.8) is 0 Å². The van der Waals surface area contributed by atoms with Gasteiger partial charge in [0.05, 0.1) is 7.11 Å². The average Bonchev–Trinajstić information content (AvgIpc) is 2.48. The Bertz CT molecular complexity index is 494. The van der Waals surface area contributed by atoms with Crippen LogP contribution in [0.15, 0.2) is 18.2 Å². The van der Waals surface area contributed by atoms with Gasteiger partial charge in [0.1, 0.15) is 12.4 Å². The summed E-state index contributed by atoms with van der Waals surface area (Å²) in [6.07, 6.45) is 6.63. The van der Waals surface area contributed by atoms with E-state index < -0.39 is 0 Å². The van der Waals surface area contributed by atoms with Crippen LogP contribution >= 0.6 is 0 Å². The molecule has 1 fully saturated rings. The van der Waals surface area contributed by atoms with Gasteiger partial charge >= 0.3 is 0 Å². The van der Waals surface area contributed by atoms with Crippen molar-refractivity contribution >= 4 is 0 Å². The maximum atomic E-state index is 8.81. The summed E-state index contributed by atoms with van der Waals surface area (Å²) >= 11 is 0. The molecule has 1 aliphatic rings. The predicted octanol–water partition coefficient (Wildman–Crippen LogP) is 2.81. The molecule has 3 heteroatoms. The fourth-order valence-electron chi connectivity index (χ4n) is 2.83. The molecule has 1 N–H and O–H groups in total. The summed E-state index contributed by atoms with van der Waals surface area (Å²) in [5, 5.41) is 8.81. The molecule has 0 unspecified atom stereocenters. The SMILES string of the molecule is COc1ccc(C#CCO)cc1CN1CCCCCCC1. The Morgan fingerprint density at radius 1 is 1.14 bits per heavy atom. The molecule has 0 spiro atoms. The van der Waals surface area contributed by atoms with Gasteiger partial charge in [-0.05, 0) is 44.1 Å². The van der Waals surface area contributed by atoms with Gasteiger partial charge in [0.2, 0.25) is 0 Å². The van der Waals surface area contributed by atoms with Gasteiger partial charge in [0, 0.05) is 17.7 Å². The second-order valence-corrected chi connectivity index (χ2v) is 5.53.